The lowest BCUT2D eigenvalue weighted by Gasteiger charge is -2.24. The Labute approximate surface area is 156 Å². The quantitative estimate of drug-likeness (QED) is 0.838. The molecule has 2 aromatic carbocycles. The van der Waals surface area contributed by atoms with E-state index < -0.39 is 18.0 Å². The maximum atomic E-state index is 12.9. The van der Waals surface area contributed by atoms with E-state index in [0.717, 1.165) is 5.56 Å². The number of para-hydroxylation sites is 1. The van der Waals surface area contributed by atoms with Crippen LogP contribution in [0.25, 0.3) is 0 Å². The molecule has 0 saturated heterocycles. The lowest BCUT2D eigenvalue weighted by atomic mass is 10.1. The highest BCUT2D eigenvalue weighted by Crippen LogP contribution is 2.40. The number of hydrogen-bond donors (Lipinski definition) is 2. The number of fused-ring (bicyclic) bond motifs is 1. The van der Waals surface area contributed by atoms with Crippen LogP contribution in [0.1, 0.15) is 5.56 Å². The van der Waals surface area contributed by atoms with E-state index in [1.54, 1.807) is 18.2 Å². The van der Waals surface area contributed by atoms with Crippen LogP contribution in [0.4, 0.5) is 16.2 Å². The van der Waals surface area contributed by atoms with Crippen LogP contribution >= 0.6 is 0 Å². The van der Waals surface area contributed by atoms with Crippen molar-refractivity contribution in [1.29, 1.82) is 0 Å². The van der Waals surface area contributed by atoms with Crippen molar-refractivity contribution >= 4 is 23.3 Å². The predicted molar refractivity (Wildman–Crippen MR) is 101 cm³/mol. The van der Waals surface area contributed by atoms with Gasteiger partial charge in [0.25, 0.3) is 0 Å². The van der Waals surface area contributed by atoms with Crippen LogP contribution in [0.2, 0.25) is 0 Å². The van der Waals surface area contributed by atoms with E-state index in [0.29, 0.717) is 35.0 Å². The number of nitrogens with two attached hydrogens (primary N) is 1. The van der Waals surface area contributed by atoms with Crippen LogP contribution in [0.15, 0.2) is 36.4 Å². The van der Waals surface area contributed by atoms with Gasteiger partial charge in [-0.2, -0.15) is 0 Å². The zero-order valence-electron chi connectivity index (χ0n) is 15.3. The fourth-order valence-corrected chi connectivity index (χ4v) is 3.20. The number of methoxy groups -OCH3 is 3. The molecule has 0 aromatic heterocycles. The Morgan fingerprint density at radius 2 is 1.70 bits per heavy atom. The molecular formula is C19H21N3O5. The molecule has 0 unspecified atom stereocenters. The van der Waals surface area contributed by atoms with Gasteiger partial charge in [0, 0.05) is 24.2 Å². The third-order valence-corrected chi connectivity index (χ3v) is 4.44. The van der Waals surface area contributed by atoms with Gasteiger partial charge in [0.05, 0.1) is 27.0 Å². The van der Waals surface area contributed by atoms with E-state index in [4.69, 9.17) is 19.9 Å². The van der Waals surface area contributed by atoms with Crippen molar-refractivity contribution in [3.05, 3.63) is 42.0 Å². The van der Waals surface area contributed by atoms with Gasteiger partial charge in [-0.3, -0.25) is 9.69 Å². The van der Waals surface area contributed by atoms with Crippen LogP contribution in [-0.2, 0) is 11.2 Å². The lowest BCUT2D eigenvalue weighted by molar-refractivity contribution is -0.119. The van der Waals surface area contributed by atoms with Gasteiger partial charge >= 0.3 is 6.03 Å². The van der Waals surface area contributed by atoms with Gasteiger partial charge in [0.1, 0.15) is 6.04 Å². The molecule has 8 heteroatoms. The van der Waals surface area contributed by atoms with Crippen LogP contribution in [0.5, 0.6) is 17.2 Å². The molecule has 2 aromatic rings. The molecule has 142 valence electrons. The molecule has 1 aliphatic heterocycles. The average Bonchev–Trinajstić information content (AvgIpc) is 3.07. The standard InChI is InChI=1S/C19H21N3O5/c1-25-15-9-12(10-16(26-2)17(15)27-3)21-19(24)22-13-7-5-4-6-11(13)8-14(22)18(20)23/h4-7,9-10,14H,8H2,1-3H3,(H2,20,23)(H,21,24)/t14-/m1/s1. The molecule has 0 spiro atoms. The maximum Gasteiger partial charge on any atom is 0.327 e. The highest BCUT2D eigenvalue weighted by molar-refractivity contribution is 6.08. The Hall–Kier alpha value is -3.42. The first kappa shape index (κ1) is 18.4. The summed E-state index contributed by atoms with van der Waals surface area (Å²) in [6.07, 6.45) is 0.383. The number of hydrogen-bond acceptors (Lipinski definition) is 5. The number of ether oxygens (including phenoxy) is 3. The van der Waals surface area contributed by atoms with Crippen LogP contribution in [-0.4, -0.2) is 39.3 Å². The van der Waals surface area contributed by atoms with Gasteiger partial charge in [-0.05, 0) is 11.6 Å². The third-order valence-electron chi connectivity index (χ3n) is 4.44. The molecule has 1 heterocycles. The van der Waals surface area contributed by atoms with E-state index in [1.165, 1.54) is 26.2 Å². The number of primary amides is 1. The number of benzene rings is 2. The molecule has 0 aliphatic carbocycles. The van der Waals surface area contributed by atoms with Crippen LogP contribution in [0.3, 0.4) is 0 Å². The Balaban J connectivity index is 1.94. The molecule has 0 bridgehead atoms. The molecule has 8 nitrogen and oxygen atoms in total. The van der Waals surface area contributed by atoms with Crippen molar-refractivity contribution in [2.45, 2.75) is 12.5 Å². The molecular weight excluding hydrogens is 350 g/mol. The first-order chi connectivity index (χ1) is 13.0. The number of carbonyl (C=O) groups excluding carboxylic acids is 2. The van der Waals surface area contributed by atoms with Crippen molar-refractivity contribution in [2.75, 3.05) is 31.5 Å². The zero-order valence-corrected chi connectivity index (χ0v) is 15.3. The van der Waals surface area contributed by atoms with E-state index >= 15 is 0 Å². The summed E-state index contributed by atoms with van der Waals surface area (Å²) in [6.45, 7) is 0. The van der Waals surface area contributed by atoms with Crippen LogP contribution in [0, 0.1) is 0 Å². The first-order valence-electron chi connectivity index (χ1n) is 8.27. The molecule has 3 N–H and O–H groups in total. The Morgan fingerprint density at radius 3 is 2.26 bits per heavy atom. The van der Waals surface area contributed by atoms with Crippen molar-refractivity contribution in [2.24, 2.45) is 5.73 Å². The normalized spacial score (nSPS) is 15.1. The highest BCUT2D eigenvalue weighted by atomic mass is 16.5. The molecule has 0 radical (unpaired) electrons. The summed E-state index contributed by atoms with van der Waals surface area (Å²) >= 11 is 0. The fourth-order valence-electron chi connectivity index (χ4n) is 3.20. The third kappa shape index (κ3) is 3.33. The number of nitrogens with zero attached hydrogens (tertiary/aromatic N) is 1. The summed E-state index contributed by atoms with van der Waals surface area (Å²) in [5.41, 5.74) is 7.49. The maximum absolute atomic E-state index is 12.9. The minimum atomic E-state index is -0.746. The molecule has 3 rings (SSSR count). The second-order valence-corrected chi connectivity index (χ2v) is 5.97. The highest BCUT2D eigenvalue weighted by Gasteiger charge is 2.37. The van der Waals surface area contributed by atoms with E-state index in [2.05, 4.69) is 5.32 Å². The summed E-state index contributed by atoms with van der Waals surface area (Å²) < 4.78 is 15.9. The predicted octanol–water partition coefficient (Wildman–Crippen LogP) is 2.16. The number of carbonyl (C=O) groups is 2. The summed E-state index contributed by atoms with van der Waals surface area (Å²) in [6, 6.07) is 9.33. The minimum absolute atomic E-state index is 0.383. The largest absolute Gasteiger partial charge is 0.493 e. The van der Waals surface area contributed by atoms with Crippen molar-refractivity contribution < 1.29 is 23.8 Å². The second kappa shape index (κ2) is 7.45. The minimum Gasteiger partial charge on any atom is -0.493 e. The summed E-state index contributed by atoms with van der Waals surface area (Å²) in [4.78, 5) is 26.2. The number of nitrogens with one attached hydrogen (secondary N) is 1. The molecule has 0 saturated carbocycles. The second-order valence-electron chi connectivity index (χ2n) is 5.97. The zero-order chi connectivity index (χ0) is 19.6. The number of rotatable bonds is 5. The van der Waals surface area contributed by atoms with Gasteiger partial charge in [-0.1, -0.05) is 18.2 Å². The molecule has 3 amide bonds. The van der Waals surface area contributed by atoms with Gasteiger partial charge in [-0.25, -0.2) is 4.79 Å². The summed E-state index contributed by atoms with van der Waals surface area (Å²) in [5, 5.41) is 2.77. The molecule has 1 aliphatic rings. The molecule has 1 atom stereocenters. The SMILES string of the molecule is COc1cc(NC(=O)N2c3ccccc3C[C@@H]2C(N)=O)cc(OC)c1OC. The van der Waals surface area contributed by atoms with Gasteiger partial charge < -0.3 is 25.3 Å². The van der Waals surface area contributed by atoms with Crippen molar-refractivity contribution in [3.63, 3.8) is 0 Å². The summed E-state index contributed by atoms with van der Waals surface area (Å²) in [5.74, 6) is 0.659. The topological polar surface area (TPSA) is 103 Å². The number of amides is 3. The monoisotopic (exact) mass is 371 g/mol. The number of anilines is 2. The Morgan fingerprint density at radius 1 is 1.07 bits per heavy atom. The Kier molecular flexibility index (Phi) is 5.07. The molecule has 27 heavy (non-hydrogen) atoms. The van der Waals surface area contributed by atoms with Gasteiger partial charge in [0.15, 0.2) is 11.5 Å². The van der Waals surface area contributed by atoms with Gasteiger partial charge in [-0.15, -0.1) is 0 Å². The van der Waals surface area contributed by atoms with E-state index in [9.17, 15) is 9.59 Å². The van der Waals surface area contributed by atoms with Crippen molar-refractivity contribution in [3.8, 4) is 17.2 Å². The van der Waals surface area contributed by atoms with Gasteiger partial charge in [0.2, 0.25) is 11.7 Å². The van der Waals surface area contributed by atoms with Crippen molar-refractivity contribution in [1.82, 2.24) is 0 Å². The van der Waals surface area contributed by atoms with E-state index in [1.807, 2.05) is 18.2 Å². The summed E-state index contributed by atoms with van der Waals surface area (Å²) in [7, 11) is 4.47. The average molecular weight is 371 g/mol. The fraction of sp³-hybridized carbons (Fsp3) is 0.263. The number of urea groups is 1. The smallest absolute Gasteiger partial charge is 0.327 e. The first-order valence-corrected chi connectivity index (χ1v) is 8.27. The van der Waals surface area contributed by atoms with Crippen LogP contribution < -0.4 is 30.2 Å². The van der Waals surface area contributed by atoms with E-state index in [-0.39, 0.29) is 0 Å². The Bertz CT molecular complexity index is 858. The molecule has 0 fully saturated rings. The lowest BCUT2D eigenvalue weighted by Crippen LogP contribution is -2.47.